The molecule has 0 saturated carbocycles. The number of aliphatic hydroxyl groups excluding tert-OH is 1. The Kier molecular flexibility index (Phi) is 3.45. The van der Waals surface area contributed by atoms with E-state index >= 15 is 0 Å². The van der Waals surface area contributed by atoms with Crippen molar-refractivity contribution in [3.05, 3.63) is 4.91 Å². The summed E-state index contributed by atoms with van der Waals surface area (Å²) in [6, 6.07) is 0.0292. The molecule has 1 rings (SSSR count). The summed E-state index contributed by atoms with van der Waals surface area (Å²) in [5, 5.41) is 8.39. The minimum absolute atomic E-state index is 0.0292. The molecule has 1 saturated heterocycles. The molecule has 0 aromatic carbocycles. The largest absolute Gasteiger partial charge is 0.394 e. The zero-order chi connectivity index (χ0) is 8.10. The molecule has 1 unspecified atom stereocenters. The van der Waals surface area contributed by atoms with Gasteiger partial charge >= 0.3 is 0 Å². The van der Waals surface area contributed by atoms with Crippen molar-refractivity contribution in [1.29, 1.82) is 0 Å². The van der Waals surface area contributed by atoms with E-state index in [2.05, 4.69) is 0 Å². The minimum Gasteiger partial charge on any atom is -0.394 e. The van der Waals surface area contributed by atoms with Gasteiger partial charge in [-0.15, -0.1) is 0 Å². The molecule has 11 heavy (non-hydrogen) atoms. The molecule has 0 bridgehead atoms. The van der Waals surface area contributed by atoms with Crippen LogP contribution in [0.1, 0.15) is 12.8 Å². The Balaban J connectivity index is 2.10. The van der Waals surface area contributed by atoms with Gasteiger partial charge in [-0.3, -0.25) is 0 Å². The quantitative estimate of drug-likeness (QED) is 0.463. The van der Waals surface area contributed by atoms with Gasteiger partial charge in [0.25, 0.3) is 0 Å². The summed E-state index contributed by atoms with van der Waals surface area (Å²) in [5.74, 6) is 0. The van der Waals surface area contributed by atoms with E-state index in [0.29, 0.717) is 19.8 Å². The van der Waals surface area contributed by atoms with Crippen LogP contribution in [0.3, 0.4) is 0 Å². The molecule has 64 valence electrons. The van der Waals surface area contributed by atoms with Crippen molar-refractivity contribution < 1.29 is 14.6 Å². The summed E-state index contributed by atoms with van der Waals surface area (Å²) >= 11 is 0. The topological polar surface area (TPSA) is 49.5 Å². The van der Waals surface area contributed by atoms with Crippen LogP contribution in [-0.4, -0.2) is 42.3 Å². The van der Waals surface area contributed by atoms with Crippen LogP contribution in [0.15, 0.2) is 0 Å². The average molecular weight is 160 g/mol. The maximum absolute atomic E-state index is 10.9. The van der Waals surface area contributed by atoms with Gasteiger partial charge in [0.15, 0.2) is 6.54 Å². The second-order valence-electron chi connectivity index (χ2n) is 2.74. The fourth-order valence-corrected chi connectivity index (χ4v) is 1.26. The summed E-state index contributed by atoms with van der Waals surface area (Å²) in [6.45, 7) is 1.47. The molecule has 0 spiro atoms. The third kappa shape index (κ3) is 2.55. The van der Waals surface area contributed by atoms with Crippen LogP contribution in [0.4, 0.5) is 0 Å². The first-order valence-electron chi connectivity index (χ1n) is 3.97. The highest BCUT2D eigenvalue weighted by Gasteiger charge is 2.31. The lowest BCUT2D eigenvalue weighted by atomic mass is 10.2. The molecule has 0 aromatic rings. The zero-order valence-electron chi connectivity index (χ0n) is 6.53. The highest BCUT2D eigenvalue weighted by atomic mass is 16.5. The van der Waals surface area contributed by atoms with Crippen molar-refractivity contribution in [3.63, 3.8) is 0 Å². The summed E-state index contributed by atoms with van der Waals surface area (Å²) in [6.07, 6.45) is 1.89. The van der Waals surface area contributed by atoms with E-state index in [1.807, 2.05) is 0 Å². The van der Waals surface area contributed by atoms with Crippen LogP contribution in [0, 0.1) is 4.91 Å². The molecule has 1 atom stereocenters. The normalized spacial score (nSPS) is 24.5. The molecule has 0 radical (unpaired) electrons. The molecule has 0 amide bonds. The lowest BCUT2D eigenvalue weighted by Gasteiger charge is -2.01. The molecule has 0 aliphatic carbocycles. The smallest absolute Gasteiger partial charge is 0.224 e. The first-order chi connectivity index (χ1) is 5.34. The molecular weight excluding hydrogens is 146 g/mol. The molecular formula is C7H14NO3+. The van der Waals surface area contributed by atoms with Gasteiger partial charge in [-0.05, 0) is 0 Å². The average Bonchev–Trinajstić information content (AvgIpc) is 2.37. The first kappa shape index (κ1) is 8.62. The lowest BCUT2D eigenvalue weighted by Crippen LogP contribution is -2.23. The van der Waals surface area contributed by atoms with Gasteiger partial charge in [0, 0.05) is 22.5 Å². The van der Waals surface area contributed by atoms with E-state index in [1.54, 1.807) is 0 Å². The SMILES string of the molecule is O=[N+]1CCCC1COCCO. The Morgan fingerprint density at radius 2 is 2.45 bits per heavy atom. The number of nitroso groups, excluding NO2 is 1. The predicted molar refractivity (Wildman–Crippen MR) is 39.4 cm³/mol. The summed E-state index contributed by atoms with van der Waals surface area (Å²) in [5.41, 5.74) is 0. The van der Waals surface area contributed by atoms with Gasteiger partial charge in [-0.25, -0.2) is 0 Å². The Morgan fingerprint density at radius 3 is 3.00 bits per heavy atom. The van der Waals surface area contributed by atoms with Crippen LogP contribution >= 0.6 is 0 Å². The third-order valence-corrected chi connectivity index (χ3v) is 1.87. The molecule has 4 nitrogen and oxygen atoms in total. The standard InChI is InChI=1S/C7H14NO3/c9-4-5-11-6-7-2-1-3-8(7)10/h7,9H,1-6H2/q+1. The van der Waals surface area contributed by atoms with Crippen LogP contribution in [0.25, 0.3) is 0 Å². The monoisotopic (exact) mass is 160 g/mol. The Morgan fingerprint density at radius 1 is 1.64 bits per heavy atom. The van der Waals surface area contributed by atoms with Crippen molar-refractivity contribution in [2.75, 3.05) is 26.4 Å². The zero-order valence-corrected chi connectivity index (χ0v) is 6.53. The minimum atomic E-state index is 0.0292. The number of hydrogen-bond acceptors (Lipinski definition) is 3. The summed E-state index contributed by atoms with van der Waals surface area (Å²) in [4.78, 5) is 10.9. The van der Waals surface area contributed by atoms with Crippen molar-refractivity contribution in [2.24, 2.45) is 0 Å². The molecule has 1 aliphatic rings. The van der Waals surface area contributed by atoms with E-state index in [9.17, 15) is 4.91 Å². The van der Waals surface area contributed by atoms with Crippen LogP contribution in [0.2, 0.25) is 0 Å². The number of hydrogen-bond donors (Lipinski definition) is 1. The fraction of sp³-hybridized carbons (Fsp3) is 1.00. The molecule has 4 heteroatoms. The number of rotatable bonds is 4. The van der Waals surface area contributed by atoms with Crippen molar-refractivity contribution in [1.82, 2.24) is 0 Å². The Hall–Kier alpha value is -0.480. The summed E-state index contributed by atoms with van der Waals surface area (Å²) < 4.78 is 6.11. The Labute approximate surface area is 65.7 Å². The Bertz CT molecular complexity index is 138. The number of aliphatic hydroxyl groups is 1. The fourth-order valence-electron chi connectivity index (χ4n) is 1.26. The van der Waals surface area contributed by atoms with E-state index < -0.39 is 0 Å². The van der Waals surface area contributed by atoms with E-state index in [4.69, 9.17) is 9.84 Å². The van der Waals surface area contributed by atoms with Crippen LogP contribution < -0.4 is 0 Å². The van der Waals surface area contributed by atoms with Gasteiger partial charge in [0.2, 0.25) is 6.04 Å². The third-order valence-electron chi connectivity index (χ3n) is 1.87. The second-order valence-corrected chi connectivity index (χ2v) is 2.74. The van der Waals surface area contributed by atoms with Gasteiger partial charge in [0.1, 0.15) is 6.61 Å². The molecule has 1 aliphatic heterocycles. The molecule has 0 aromatic heterocycles. The number of nitrogens with zero attached hydrogens (tertiary/aromatic N) is 1. The number of ether oxygens (including phenoxy) is 1. The highest BCUT2D eigenvalue weighted by Crippen LogP contribution is 2.11. The maximum atomic E-state index is 10.9. The maximum Gasteiger partial charge on any atom is 0.224 e. The predicted octanol–water partition coefficient (Wildman–Crippen LogP) is -0.0634. The van der Waals surface area contributed by atoms with Gasteiger partial charge in [-0.1, -0.05) is 0 Å². The molecule has 1 heterocycles. The molecule has 1 N–H and O–H groups in total. The van der Waals surface area contributed by atoms with Gasteiger partial charge in [-0.2, -0.15) is 0 Å². The van der Waals surface area contributed by atoms with E-state index in [1.165, 1.54) is 0 Å². The first-order valence-corrected chi connectivity index (χ1v) is 3.97. The van der Waals surface area contributed by atoms with Crippen molar-refractivity contribution in [3.8, 4) is 0 Å². The van der Waals surface area contributed by atoms with Crippen molar-refractivity contribution in [2.45, 2.75) is 18.9 Å². The molecule has 1 fully saturated rings. The van der Waals surface area contributed by atoms with Crippen LogP contribution in [0.5, 0.6) is 0 Å². The second kappa shape index (κ2) is 4.41. The summed E-state index contributed by atoms with van der Waals surface area (Å²) in [7, 11) is 0. The van der Waals surface area contributed by atoms with E-state index in [0.717, 1.165) is 17.6 Å². The van der Waals surface area contributed by atoms with Gasteiger partial charge < -0.3 is 9.84 Å². The van der Waals surface area contributed by atoms with Crippen LogP contribution in [-0.2, 0) is 4.74 Å². The lowest BCUT2D eigenvalue weighted by molar-refractivity contribution is -0.567. The van der Waals surface area contributed by atoms with Gasteiger partial charge in [0.05, 0.1) is 13.2 Å². The van der Waals surface area contributed by atoms with E-state index in [-0.39, 0.29) is 12.6 Å². The van der Waals surface area contributed by atoms with Crippen molar-refractivity contribution >= 4 is 0 Å². The highest BCUT2D eigenvalue weighted by molar-refractivity contribution is 4.60.